The number of rotatable bonds is 8. The summed E-state index contributed by atoms with van der Waals surface area (Å²) in [7, 11) is 3.88. The van der Waals surface area contributed by atoms with E-state index < -0.39 is 6.10 Å². The summed E-state index contributed by atoms with van der Waals surface area (Å²) in [4.78, 5) is 0. The second-order valence-corrected chi connectivity index (χ2v) is 8.71. The zero-order valence-corrected chi connectivity index (χ0v) is 18.3. The van der Waals surface area contributed by atoms with E-state index in [2.05, 4.69) is 20.4 Å². The van der Waals surface area contributed by atoms with Gasteiger partial charge in [-0.05, 0) is 0 Å². The molecule has 0 spiro atoms. The Kier molecular flexibility index (Phi) is 6.51. The van der Waals surface area contributed by atoms with Gasteiger partial charge >= 0.3 is 0 Å². The van der Waals surface area contributed by atoms with Gasteiger partial charge < -0.3 is 14.2 Å². The molecule has 154 valence electrons. The van der Waals surface area contributed by atoms with E-state index in [0.717, 1.165) is 33.1 Å². The molecule has 1 N–H and O–H groups in total. The first-order chi connectivity index (χ1) is 14.6. The first-order valence-corrected chi connectivity index (χ1v) is 11.4. The number of hydrogen-bond acceptors (Lipinski definition) is 7. The van der Waals surface area contributed by atoms with E-state index in [9.17, 15) is 5.11 Å². The van der Waals surface area contributed by atoms with Crippen LogP contribution in [0.1, 0.15) is 0 Å². The first kappa shape index (κ1) is 20.6. The average Bonchev–Trinajstić information content (AvgIpc) is 3.34. The number of hydrogen-bond donors (Lipinski definition) is 1. The van der Waals surface area contributed by atoms with Crippen LogP contribution < -0.4 is 0 Å². The highest BCUT2D eigenvalue weighted by Crippen LogP contribution is 2.26. The molecule has 0 bridgehead atoms. The molecule has 0 unspecified atom stereocenters. The molecule has 9 heteroatoms. The van der Waals surface area contributed by atoms with Crippen molar-refractivity contribution < 1.29 is 5.11 Å². The third-order valence-corrected chi connectivity index (χ3v) is 6.87. The minimum Gasteiger partial charge on any atom is -0.391 e. The minimum atomic E-state index is -0.506. The number of aromatic nitrogens is 6. The van der Waals surface area contributed by atoms with E-state index in [0.29, 0.717) is 11.5 Å². The maximum atomic E-state index is 10.4. The van der Waals surface area contributed by atoms with Crippen molar-refractivity contribution in [1.29, 1.82) is 0 Å². The molecule has 2 aromatic carbocycles. The Hall–Kier alpha value is -2.62. The van der Waals surface area contributed by atoms with E-state index >= 15 is 0 Å². The lowest BCUT2D eigenvalue weighted by Gasteiger charge is -2.10. The lowest BCUT2D eigenvalue weighted by molar-refractivity contribution is 0.225. The molecule has 0 aliphatic rings. The molecule has 0 atom stereocenters. The highest BCUT2D eigenvalue weighted by atomic mass is 32.2. The van der Waals surface area contributed by atoms with E-state index in [-0.39, 0.29) is 0 Å². The quantitative estimate of drug-likeness (QED) is 0.422. The Labute approximate surface area is 183 Å². The van der Waals surface area contributed by atoms with Gasteiger partial charge in [0.1, 0.15) is 0 Å². The Bertz CT molecular complexity index is 1010. The number of aliphatic hydroxyl groups is 1. The Morgan fingerprint density at radius 1 is 0.700 bits per heavy atom. The third kappa shape index (κ3) is 4.58. The molecule has 2 aromatic heterocycles. The summed E-state index contributed by atoms with van der Waals surface area (Å²) in [5.41, 5.74) is 2.04. The average molecular weight is 439 g/mol. The van der Waals surface area contributed by atoms with Gasteiger partial charge in [0.15, 0.2) is 22.0 Å². The lowest BCUT2D eigenvalue weighted by atomic mass is 10.2. The summed E-state index contributed by atoms with van der Waals surface area (Å²) in [5.74, 6) is 2.68. The van der Waals surface area contributed by atoms with Crippen molar-refractivity contribution >= 4 is 23.5 Å². The number of thioether (sulfide) groups is 2. The number of nitrogens with zero attached hydrogens (tertiary/aromatic N) is 6. The highest BCUT2D eigenvalue weighted by molar-refractivity contribution is 8.00. The second-order valence-electron chi connectivity index (χ2n) is 6.74. The Morgan fingerprint density at radius 2 is 1.10 bits per heavy atom. The van der Waals surface area contributed by atoms with Gasteiger partial charge in [0.05, 0.1) is 6.10 Å². The van der Waals surface area contributed by atoms with Crippen LogP contribution in [0.4, 0.5) is 0 Å². The van der Waals surface area contributed by atoms with Crippen molar-refractivity contribution in [2.45, 2.75) is 16.4 Å². The van der Waals surface area contributed by atoms with Crippen LogP contribution in [0.5, 0.6) is 0 Å². The molecule has 4 aromatic rings. The van der Waals surface area contributed by atoms with Gasteiger partial charge in [-0.1, -0.05) is 84.2 Å². The lowest BCUT2D eigenvalue weighted by Crippen LogP contribution is -2.14. The van der Waals surface area contributed by atoms with E-state index in [1.165, 1.54) is 23.5 Å². The van der Waals surface area contributed by atoms with Crippen molar-refractivity contribution in [2.75, 3.05) is 11.5 Å². The van der Waals surface area contributed by atoms with Gasteiger partial charge in [-0.2, -0.15) is 0 Å². The van der Waals surface area contributed by atoms with Crippen molar-refractivity contribution in [3.05, 3.63) is 60.7 Å². The third-order valence-electron chi connectivity index (χ3n) is 4.54. The molecule has 0 saturated heterocycles. The van der Waals surface area contributed by atoms with Gasteiger partial charge in [-0.25, -0.2) is 0 Å². The molecule has 0 saturated carbocycles. The van der Waals surface area contributed by atoms with Crippen molar-refractivity contribution in [2.24, 2.45) is 14.1 Å². The zero-order chi connectivity index (χ0) is 20.9. The van der Waals surface area contributed by atoms with Crippen LogP contribution in [-0.4, -0.2) is 52.2 Å². The summed E-state index contributed by atoms with van der Waals surface area (Å²) in [6.07, 6.45) is -0.506. The minimum absolute atomic E-state index is 0.506. The molecule has 0 aliphatic heterocycles. The van der Waals surface area contributed by atoms with Crippen LogP contribution in [0, 0.1) is 0 Å². The number of benzene rings is 2. The summed E-state index contributed by atoms with van der Waals surface area (Å²) in [6, 6.07) is 19.9. The number of aliphatic hydroxyl groups excluding tert-OH is 1. The zero-order valence-electron chi connectivity index (χ0n) is 16.7. The normalized spacial score (nSPS) is 11.3. The molecule has 2 heterocycles. The fourth-order valence-electron chi connectivity index (χ4n) is 2.95. The Balaban J connectivity index is 1.33. The van der Waals surface area contributed by atoms with Gasteiger partial charge in [-0.15, -0.1) is 20.4 Å². The second kappa shape index (κ2) is 9.46. The smallest absolute Gasteiger partial charge is 0.191 e. The van der Waals surface area contributed by atoms with Crippen LogP contribution in [0.15, 0.2) is 71.0 Å². The van der Waals surface area contributed by atoms with Gasteiger partial charge in [0.25, 0.3) is 0 Å². The molecule has 4 rings (SSSR count). The van der Waals surface area contributed by atoms with Crippen LogP contribution in [0.3, 0.4) is 0 Å². The topological polar surface area (TPSA) is 81.6 Å². The van der Waals surface area contributed by atoms with Crippen LogP contribution >= 0.6 is 23.5 Å². The summed E-state index contributed by atoms with van der Waals surface area (Å²) >= 11 is 2.99. The van der Waals surface area contributed by atoms with E-state index in [1.54, 1.807) is 0 Å². The van der Waals surface area contributed by atoms with Crippen molar-refractivity contribution in [3.63, 3.8) is 0 Å². The van der Waals surface area contributed by atoms with Crippen LogP contribution in [0.25, 0.3) is 22.8 Å². The molecular weight excluding hydrogens is 416 g/mol. The summed E-state index contributed by atoms with van der Waals surface area (Å²) < 4.78 is 3.91. The molecule has 0 fully saturated rings. The first-order valence-electron chi connectivity index (χ1n) is 9.46. The van der Waals surface area contributed by atoms with E-state index in [1.807, 2.05) is 83.9 Å². The van der Waals surface area contributed by atoms with Gasteiger partial charge in [0.2, 0.25) is 0 Å². The predicted molar refractivity (Wildman–Crippen MR) is 120 cm³/mol. The Morgan fingerprint density at radius 3 is 1.50 bits per heavy atom. The molecule has 7 nitrogen and oxygen atoms in total. The fourth-order valence-corrected chi connectivity index (χ4v) is 4.77. The standard InChI is InChI=1S/C21H22N6OS2/c1-26-18(15-9-5-3-6-10-15)22-24-20(26)29-13-17(28)14-30-21-25-23-19(27(21)2)16-11-7-4-8-12-16/h3-12,17,28H,13-14H2,1-2H3. The maximum absolute atomic E-state index is 10.4. The molecular formula is C21H22N6OS2. The summed E-state index contributed by atoms with van der Waals surface area (Å²) in [5, 5.41) is 29.1. The van der Waals surface area contributed by atoms with E-state index in [4.69, 9.17) is 0 Å². The fraction of sp³-hybridized carbons (Fsp3) is 0.238. The SMILES string of the molecule is Cn1c(SCC(O)CSc2nnc(-c3ccccc3)n2C)nnc1-c1ccccc1. The highest BCUT2D eigenvalue weighted by Gasteiger charge is 2.16. The van der Waals surface area contributed by atoms with Crippen molar-refractivity contribution in [1.82, 2.24) is 29.5 Å². The maximum Gasteiger partial charge on any atom is 0.191 e. The molecule has 30 heavy (non-hydrogen) atoms. The van der Waals surface area contributed by atoms with Crippen LogP contribution in [0.2, 0.25) is 0 Å². The monoisotopic (exact) mass is 438 g/mol. The van der Waals surface area contributed by atoms with Gasteiger partial charge in [-0.3, -0.25) is 0 Å². The predicted octanol–water partition coefficient (Wildman–Crippen LogP) is 3.52. The molecule has 0 radical (unpaired) electrons. The van der Waals surface area contributed by atoms with Gasteiger partial charge in [0, 0.05) is 36.7 Å². The summed E-state index contributed by atoms with van der Waals surface area (Å²) in [6.45, 7) is 0. The van der Waals surface area contributed by atoms with Crippen LogP contribution in [-0.2, 0) is 14.1 Å². The van der Waals surface area contributed by atoms with Crippen molar-refractivity contribution in [3.8, 4) is 22.8 Å². The largest absolute Gasteiger partial charge is 0.391 e. The molecule has 0 amide bonds. The molecule has 0 aliphatic carbocycles.